The van der Waals surface area contributed by atoms with E-state index in [4.69, 9.17) is 5.11 Å². The van der Waals surface area contributed by atoms with Crippen LogP contribution in [0.3, 0.4) is 0 Å². The highest BCUT2D eigenvalue weighted by atomic mass is 79.9. The Morgan fingerprint density at radius 1 is 1.64 bits per heavy atom. The summed E-state index contributed by atoms with van der Waals surface area (Å²) in [6.07, 6.45) is 2.86. The molecule has 1 unspecified atom stereocenters. The fraction of sp³-hybridized carbons (Fsp3) is 0.727. The first-order valence-electron chi connectivity index (χ1n) is 4.75. The van der Waals surface area contributed by atoms with Crippen LogP contribution in [0.25, 0.3) is 0 Å². The van der Waals surface area contributed by atoms with E-state index < -0.39 is 0 Å². The average Bonchev–Trinajstić information content (AvgIpc) is 2.06. The second-order valence-electron chi connectivity index (χ2n) is 3.49. The monoisotopic (exact) mass is 263 g/mol. The molecule has 0 aromatic rings. The van der Waals surface area contributed by atoms with Crippen molar-refractivity contribution in [3.8, 4) is 0 Å². The zero-order valence-corrected chi connectivity index (χ0v) is 11.2. The van der Waals surface area contributed by atoms with Gasteiger partial charge in [0.1, 0.15) is 0 Å². The molecule has 2 nitrogen and oxygen atoms in total. The van der Waals surface area contributed by atoms with Crippen molar-refractivity contribution in [1.82, 2.24) is 5.32 Å². The van der Waals surface area contributed by atoms with Crippen molar-refractivity contribution in [2.24, 2.45) is 0 Å². The minimum absolute atomic E-state index is 0.0642. The average molecular weight is 264 g/mol. The molecule has 0 saturated carbocycles. The first-order valence-corrected chi connectivity index (χ1v) is 5.54. The smallest absolute Gasteiger partial charge is 0.0584 e. The van der Waals surface area contributed by atoms with E-state index in [2.05, 4.69) is 33.6 Å². The number of hydrogen-bond donors (Lipinski definition) is 2. The number of aliphatic hydroxyl groups is 1. The number of likely N-dealkylation sites (N-methyl/N-ethyl adjacent to an activating group) is 1. The first-order chi connectivity index (χ1) is 6.41. The zero-order chi connectivity index (χ0) is 11.6. The summed E-state index contributed by atoms with van der Waals surface area (Å²) < 4.78 is 0.0642. The maximum Gasteiger partial charge on any atom is 0.0584 e. The van der Waals surface area contributed by atoms with Gasteiger partial charge in [0.05, 0.1) is 6.61 Å². The van der Waals surface area contributed by atoms with Crippen LogP contribution in [0.1, 0.15) is 27.2 Å². The van der Waals surface area contributed by atoms with E-state index in [1.54, 1.807) is 0 Å². The first kappa shape index (κ1) is 16.4. The molecule has 0 spiro atoms. The third kappa shape index (κ3) is 14.4. The van der Waals surface area contributed by atoms with Gasteiger partial charge in [0, 0.05) is 10.4 Å². The van der Waals surface area contributed by atoms with E-state index >= 15 is 0 Å². The van der Waals surface area contributed by atoms with Crippen molar-refractivity contribution in [3.63, 3.8) is 0 Å². The van der Waals surface area contributed by atoms with Gasteiger partial charge in [0.15, 0.2) is 0 Å². The quantitative estimate of drug-likeness (QED) is 0.604. The van der Waals surface area contributed by atoms with E-state index in [0.717, 1.165) is 6.42 Å². The molecule has 1 atom stereocenters. The summed E-state index contributed by atoms with van der Waals surface area (Å²) in [5.74, 6) is 0. The Bertz CT molecular complexity index is 159. The van der Waals surface area contributed by atoms with E-state index in [1.807, 2.05) is 33.9 Å². The van der Waals surface area contributed by atoms with Gasteiger partial charge in [0.25, 0.3) is 0 Å². The Kier molecular flexibility index (Phi) is 11.1. The lowest BCUT2D eigenvalue weighted by atomic mass is 10.2. The third-order valence-electron chi connectivity index (χ3n) is 1.57. The van der Waals surface area contributed by atoms with Crippen molar-refractivity contribution in [1.29, 1.82) is 0 Å². The highest BCUT2D eigenvalue weighted by Gasteiger charge is 2.04. The molecule has 0 aliphatic heterocycles. The van der Waals surface area contributed by atoms with E-state index in [0.29, 0.717) is 6.04 Å². The lowest BCUT2D eigenvalue weighted by Crippen LogP contribution is -2.27. The van der Waals surface area contributed by atoms with Crippen LogP contribution >= 0.6 is 15.9 Å². The van der Waals surface area contributed by atoms with Crippen molar-refractivity contribution >= 4 is 15.9 Å². The zero-order valence-electron chi connectivity index (χ0n) is 9.60. The minimum Gasteiger partial charge on any atom is -0.395 e. The number of nitrogens with one attached hydrogen (secondary N) is 1. The Hall–Kier alpha value is -0.0800. The predicted molar refractivity (Wildman–Crippen MR) is 66.9 cm³/mol. The van der Waals surface area contributed by atoms with Crippen LogP contribution in [0.4, 0.5) is 0 Å². The van der Waals surface area contributed by atoms with Crippen LogP contribution < -0.4 is 5.32 Å². The summed E-state index contributed by atoms with van der Waals surface area (Å²) in [6.45, 7) is 9.78. The van der Waals surface area contributed by atoms with Gasteiger partial charge in [-0.3, -0.25) is 0 Å². The molecular weight excluding hydrogens is 242 g/mol. The molecular formula is C11H22BrNO. The number of halogens is 1. The van der Waals surface area contributed by atoms with Gasteiger partial charge in [-0.25, -0.2) is 0 Å². The Morgan fingerprint density at radius 3 is 2.14 bits per heavy atom. The van der Waals surface area contributed by atoms with Crippen LogP contribution in [-0.4, -0.2) is 29.1 Å². The molecule has 2 N–H and O–H groups in total. The summed E-state index contributed by atoms with van der Waals surface area (Å²) in [5.41, 5.74) is 2.69. The van der Waals surface area contributed by atoms with E-state index in [-0.39, 0.29) is 10.9 Å². The van der Waals surface area contributed by atoms with Crippen molar-refractivity contribution in [2.75, 3.05) is 13.7 Å². The van der Waals surface area contributed by atoms with E-state index in [9.17, 15) is 0 Å². The van der Waals surface area contributed by atoms with E-state index in [1.165, 1.54) is 0 Å². The van der Waals surface area contributed by atoms with Crippen molar-refractivity contribution < 1.29 is 5.11 Å². The van der Waals surface area contributed by atoms with Gasteiger partial charge in [-0.15, -0.1) is 5.73 Å². The maximum atomic E-state index is 8.46. The topological polar surface area (TPSA) is 32.3 Å². The summed E-state index contributed by atoms with van der Waals surface area (Å²) in [5, 5.41) is 11.4. The summed E-state index contributed by atoms with van der Waals surface area (Å²) >= 11 is 3.38. The molecule has 0 aliphatic carbocycles. The molecule has 0 aromatic heterocycles. The number of aliphatic hydroxyl groups excluding tert-OH is 1. The van der Waals surface area contributed by atoms with Crippen LogP contribution in [0.5, 0.6) is 0 Å². The lowest BCUT2D eigenvalue weighted by molar-refractivity contribution is 0.245. The van der Waals surface area contributed by atoms with Gasteiger partial charge >= 0.3 is 0 Å². The van der Waals surface area contributed by atoms with Crippen LogP contribution in [0, 0.1) is 0 Å². The molecule has 0 saturated heterocycles. The highest BCUT2D eigenvalue weighted by Crippen LogP contribution is 2.15. The van der Waals surface area contributed by atoms with Gasteiger partial charge in [0.2, 0.25) is 0 Å². The molecule has 14 heavy (non-hydrogen) atoms. The fourth-order valence-corrected chi connectivity index (χ4v) is 0.829. The summed E-state index contributed by atoms with van der Waals surface area (Å²) in [6, 6.07) is 0.292. The van der Waals surface area contributed by atoms with Crippen molar-refractivity contribution in [3.05, 3.63) is 18.4 Å². The molecule has 0 amide bonds. The Labute approximate surface area is 96.2 Å². The number of hydrogen-bond acceptors (Lipinski definition) is 2. The number of allylic oxidation sites excluding steroid dienone is 1. The standard InChI is InChI=1S/C6H9Br.C5H13NO/c1-4-5-6(2,3)7;1-3-5(4-7)6-2/h5H,1H2,2-3H3;5-7H,3-4H2,1-2H3. The molecule has 0 bridgehead atoms. The SMILES string of the molecule is C=C=CC(C)(C)Br.CCC(CO)NC. The van der Waals surface area contributed by atoms with Crippen molar-refractivity contribution in [2.45, 2.75) is 37.6 Å². The second kappa shape index (κ2) is 9.47. The van der Waals surface area contributed by atoms with Gasteiger partial charge in [-0.05, 0) is 33.4 Å². The molecule has 0 rings (SSSR count). The molecule has 3 heteroatoms. The molecule has 0 aliphatic rings. The molecule has 84 valence electrons. The Morgan fingerprint density at radius 2 is 2.14 bits per heavy atom. The van der Waals surface area contributed by atoms with Crippen LogP contribution in [0.15, 0.2) is 18.4 Å². The predicted octanol–water partition coefficient (Wildman–Crippen LogP) is 2.48. The second-order valence-corrected chi connectivity index (χ2v) is 5.53. The molecule has 0 fully saturated rings. The van der Waals surface area contributed by atoms with Gasteiger partial charge in [-0.2, -0.15) is 0 Å². The molecule has 0 aromatic carbocycles. The Balaban J connectivity index is 0. The summed E-state index contributed by atoms with van der Waals surface area (Å²) in [4.78, 5) is 0. The number of alkyl halides is 1. The van der Waals surface area contributed by atoms with Crippen LogP contribution in [0.2, 0.25) is 0 Å². The fourth-order valence-electron chi connectivity index (χ4n) is 0.667. The maximum absolute atomic E-state index is 8.46. The third-order valence-corrected chi connectivity index (χ3v) is 1.80. The molecule has 0 heterocycles. The van der Waals surface area contributed by atoms with Crippen LogP contribution in [-0.2, 0) is 0 Å². The molecule has 0 radical (unpaired) electrons. The largest absolute Gasteiger partial charge is 0.395 e. The minimum atomic E-state index is 0.0642. The number of rotatable bonds is 4. The van der Waals surface area contributed by atoms with Gasteiger partial charge < -0.3 is 10.4 Å². The lowest BCUT2D eigenvalue weighted by Gasteiger charge is -2.07. The van der Waals surface area contributed by atoms with Gasteiger partial charge in [-0.1, -0.05) is 29.4 Å². The normalized spacial score (nSPS) is 12.1. The highest BCUT2D eigenvalue weighted by molar-refractivity contribution is 9.10. The summed E-state index contributed by atoms with van der Waals surface area (Å²) in [7, 11) is 1.85.